The molecule has 0 spiro atoms. The fourth-order valence-corrected chi connectivity index (χ4v) is 2.59. The van der Waals surface area contributed by atoms with Crippen molar-refractivity contribution in [3.05, 3.63) is 0 Å². The first-order valence-corrected chi connectivity index (χ1v) is 5.60. The molecule has 2 fully saturated rings. The number of ether oxygens (including phenoxy) is 1. The number of hydrogen-bond acceptors (Lipinski definition) is 2. The van der Waals surface area contributed by atoms with Gasteiger partial charge in [-0.1, -0.05) is 6.42 Å². The van der Waals surface area contributed by atoms with Crippen LogP contribution in [0.1, 0.15) is 32.1 Å². The smallest absolute Gasteiger partial charge is 0.0547 e. The molecule has 0 atom stereocenters. The topological polar surface area (TPSA) is 21.3 Å². The largest absolute Gasteiger partial charge is 0.380 e. The van der Waals surface area contributed by atoms with Crippen LogP contribution in [-0.4, -0.2) is 26.8 Å². The molecule has 2 rings (SSSR count). The van der Waals surface area contributed by atoms with Gasteiger partial charge in [-0.3, -0.25) is 0 Å². The van der Waals surface area contributed by atoms with Crippen LogP contribution in [0.5, 0.6) is 0 Å². The molecule has 0 amide bonds. The van der Waals surface area contributed by atoms with E-state index >= 15 is 0 Å². The molecule has 2 heteroatoms. The average Bonchev–Trinajstić information content (AvgIpc) is 1.96. The molecule has 0 aromatic carbocycles. The van der Waals surface area contributed by atoms with Gasteiger partial charge >= 0.3 is 0 Å². The van der Waals surface area contributed by atoms with Crippen molar-refractivity contribution in [1.29, 1.82) is 0 Å². The predicted molar refractivity (Wildman–Crippen MR) is 53.8 cm³/mol. The Morgan fingerprint density at radius 1 is 1.38 bits per heavy atom. The van der Waals surface area contributed by atoms with Crippen LogP contribution in [-0.2, 0) is 4.74 Å². The molecule has 2 aliphatic rings. The SMILES string of the molecule is CNCCCC1(C2CCC2)COC1. The van der Waals surface area contributed by atoms with Gasteiger partial charge in [-0.15, -0.1) is 0 Å². The third-order valence-corrected chi connectivity index (χ3v) is 3.85. The van der Waals surface area contributed by atoms with Crippen LogP contribution in [0.25, 0.3) is 0 Å². The molecule has 0 bridgehead atoms. The average molecular weight is 183 g/mol. The highest BCUT2D eigenvalue weighted by Gasteiger charge is 2.46. The second kappa shape index (κ2) is 3.97. The minimum atomic E-state index is 0.606. The zero-order chi connectivity index (χ0) is 9.15. The molecule has 1 heterocycles. The quantitative estimate of drug-likeness (QED) is 0.656. The molecule has 1 N–H and O–H groups in total. The summed E-state index contributed by atoms with van der Waals surface area (Å²) in [7, 11) is 2.04. The minimum absolute atomic E-state index is 0.606. The second-order valence-electron chi connectivity index (χ2n) is 4.69. The van der Waals surface area contributed by atoms with Crippen molar-refractivity contribution in [3.63, 3.8) is 0 Å². The van der Waals surface area contributed by atoms with E-state index in [4.69, 9.17) is 4.74 Å². The van der Waals surface area contributed by atoms with Gasteiger partial charge in [0.15, 0.2) is 0 Å². The van der Waals surface area contributed by atoms with Gasteiger partial charge in [0.2, 0.25) is 0 Å². The van der Waals surface area contributed by atoms with E-state index in [1.807, 2.05) is 7.05 Å². The van der Waals surface area contributed by atoms with Crippen molar-refractivity contribution in [2.24, 2.45) is 11.3 Å². The lowest BCUT2D eigenvalue weighted by molar-refractivity contribution is -0.166. The maximum absolute atomic E-state index is 5.41. The summed E-state index contributed by atoms with van der Waals surface area (Å²) in [5.74, 6) is 0.998. The third kappa shape index (κ3) is 1.75. The van der Waals surface area contributed by atoms with E-state index in [9.17, 15) is 0 Å². The molecular weight excluding hydrogens is 162 g/mol. The summed E-state index contributed by atoms with van der Waals surface area (Å²) in [6.45, 7) is 3.25. The Hall–Kier alpha value is -0.0800. The zero-order valence-corrected chi connectivity index (χ0v) is 8.64. The summed E-state index contributed by atoms with van der Waals surface area (Å²) in [5, 5.41) is 3.22. The summed E-state index contributed by atoms with van der Waals surface area (Å²) >= 11 is 0. The molecule has 0 radical (unpaired) electrons. The molecule has 13 heavy (non-hydrogen) atoms. The van der Waals surface area contributed by atoms with Crippen molar-refractivity contribution >= 4 is 0 Å². The normalized spacial score (nSPS) is 26.5. The second-order valence-corrected chi connectivity index (χ2v) is 4.69. The van der Waals surface area contributed by atoms with Gasteiger partial charge in [-0.25, -0.2) is 0 Å². The molecule has 76 valence electrons. The zero-order valence-electron chi connectivity index (χ0n) is 8.64. The number of rotatable bonds is 5. The van der Waals surface area contributed by atoms with Gasteiger partial charge < -0.3 is 10.1 Å². The van der Waals surface area contributed by atoms with E-state index in [1.165, 1.54) is 32.1 Å². The van der Waals surface area contributed by atoms with Crippen molar-refractivity contribution in [1.82, 2.24) is 5.32 Å². The summed E-state index contributed by atoms with van der Waals surface area (Å²) in [6, 6.07) is 0. The van der Waals surface area contributed by atoms with E-state index in [-0.39, 0.29) is 0 Å². The standard InChI is InChI=1S/C11H21NO/c1-12-7-3-6-11(8-13-9-11)10-4-2-5-10/h10,12H,2-9H2,1H3. The lowest BCUT2D eigenvalue weighted by Crippen LogP contribution is -2.50. The number of hydrogen-bond donors (Lipinski definition) is 1. The van der Waals surface area contributed by atoms with E-state index in [2.05, 4.69) is 5.32 Å². The molecule has 2 nitrogen and oxygen atoms in total. The van der Waals surface area contributed by atoms with Gasteiger partial charge in [0.25, 0.3) is 0 Å². The van der Waals surface area contributed by atoms with Gasteiger partial charge in [0.1, 0.15) is 0 Å². The Morgan fingerprint density at radius 2 is 2.15 bits per heavy atom. The first-order valence-electron chi connectivity index (χ1n) is 5.60. The van der Waals surface area contributed by atoms with Crippen LogP contribution >= 0.6 is 0 Å². The van der Waals surface area contributed by atoms with Gasteiger partial charge in [0, 0.05) is 5.41 Å². The molecular formula is C11H21NO. The van der Waals surface area contributed by atoms with Gasteiger partial charge in [-0.2, -0.15) is 0 Å². The van der Waals surface area contributed by atoms with Gasteiger partial charge in [0.05, 0.1) is 13.2 Å². The Bertz CT molecular complexity index is 161. The van der Waals surface area contributed by atoms with Crippen LogP contribution in [0.15, 0.2) is 0 Å². The Balaban J connectivity index is 1.77. The third-order valence-electron chi connectivity index (χ3n) is 3.85. The highest BCUT2D eigenvalue weighted by atomic mass is 16.5. The van der Waals surface area contributed by atoms with Gasteiger partial charge in [-0.05, 0) is 45.2 Å². The fourth-order valence-electron chi connectivity index (χ4n) is 2.59. The summed E-state index contributed by atoms with van der Waals surface area (Å²) in [5.41, 5.74) is 0.606. The summed E-state index contributed by atoms with van der Waals surface area (Å²) < 4.78 is 5.41. The maximum atomic E-state index is 5.41. The lowest BCUT2D eigenvalue weighted by atomic mass is 9.62. The minimum Gasteiger partial charge on any atom is -0.380 e. The van der Waals surface area contributed by atoms with Crippen LogP contribution in [0.2, 0.25) is 0 Å². The molecule has 1 aliphatic carbocycles. The van der Waals surface area contributed by atoms with E-state index in [1.54, 1.807) is 0 Å². The Kier molecular flexibility index (Phi) is 2.89. The Labute approximate surface area is 81.0 Å². The van der Waals surface area contributed by atoms with Crippen molar-refractivity contribution in [3.8, 4) is 0 Å². The van der Waals surface area contributed by atoms with E-state index in [0.717, 1.165) is 25.7 Å². The van der Waals surface area contributed by atoms with E-state index < -0.39 is 0 Å². The van der Waals surface area contributed by atoms with Crippen LogP contribution in [0.3, 0.4) is 0 Å². The lowest BCUT2D eigenvalue weighted by Gasteiger charge is -2.51. The molecule has 0 aromatic heterocycles. The maximum Gasteiger partial charge on any atom is 0.0547 e. The molecule has 0 aromatic rings. The molecule has 1 saturated carbocycles. The van der Waals surface area contributed by atoms with Crippen molar-refractivity contribution < 1.29 is 4.74 Å². The molecule has 1 aliphatic heterocycles. The predicted octanol–water partition coefficient (Wildman–Crippen LogP) is 1.80. The van der Waals surface area contributed by atoms with Crippen molar-refractivity contribution in [2.45, 2.75) is 32.1 Å². The first-order chi connectivity index (χ1) is 6.37. The number of nitrogens with one attached hydrogen (secondary N) is 1. The first kappa shape index (κ1) is 9.47. The highest BCUT2D eigenvalue weighted by molar-refractivity contribution is 4.95. The van der Waals surface area contributed by atoms with E-state index in [0.29, 0.717) is 5.41 Å². The molecule has 1 saturated heterocycles. The fraction of sp³-hybridized carbons (Fsp3) is 1.00. The molecule has 0 unspecified atom stereocenters. The van der Waals surface area contributed by atoms with Crippen molar-refractivity contribution in [2.75, 3.05) is 26.8 Å². The van der Waals surface area contributed by atoms with Crippen LogP contribution < -0.4 is 5.32 Å². The Morgan fingerprint density at radius 3 is 2.54 bits per heavy atom. The summed E-state index contributed by atoms with van der Waals surface area (Å²) in [4.78, 5) is 0. The summed E-state index contributed by atoms with van der Waals surface area (Å²) in [6.07, 6.45) is 7.07. The monoisotopic (exact) mass is 183 g/mol. The van der Waals surface area contributed by atoms with Crippen LogP contribution in [0.4, 0.5) is 0 Å². The van der Waals surface area contributed by atoms with Crippen LogP contribution in [0, 0.1) is 11.3 Å². The highest BCUT2D eigenvalue weighted by Crippen LogP contribution is 2.49.